The maximum Gasteiger partial charge on any atom is 0.325 e. The fourth-order valence-corrected chi connectivity index (χ4v) is 3.43. The number of hydrogen-bond donors (Lipinski definition) is 1. The molecule has 1 aliphatic rings. The summed E-state index contributed by atoms with van der Waals surface area (Å²) < 4.78 is 7.23. The predicted molar refractivity (Wildman–Crippen MR) is 94.7 cm³/mol. The van der Waals surface area contributed by atoms with Crippen LogP contribution in [0.5, 0.6) is 5.75 Å². The van der Waals surface area contributed by atoms with Gasteiger partial charge in [-0.25, -0.2) is 0 Å². The highest BCUT2D eigenvalue weighted by Gasteiger charge is 2.24. The van der Waals surface area contributed by atoms with Gasteiger partial charge in [0.1, 0.15) is 12.3 Å². The van der Waals surface area contributed by atoms with E-state index in [-0.39, 0.29) is 6.54 Å². The molecule has 2 aromatic rings. The minimum Gasteiger partial charge on any atom is -0.494 e. The second kappa shape index (κ2) is 8.16. The summed E-state index contributed by atoms with van der Waals surface area (Å²) in [6.45, 7) is 5.44. The van der Waals surface area contributed by atoms with Gasteiger partial charge in [-0.2, -0.15) is 5.10 Å². The van der Waals surface area contributed by atoms with E-state index in [9.17, 15) is 4.79 Å². The van der Waals surface area contributed by atoms with Gasteiger partial charge >= 0.3 is 5.97 Å². The van der Waals surface area contributed by atoms with Crippen molar-refractivity contribution in [3.63, 3.8) is 0 Å². The number of nitrogens with zero attached hydrogens (tertiary/aromatic N) is 3. The fraction of sp³-hybridized carbons (Fsp3) is 0.474. The van der Waals surface area contributed by atoms with Crippen molar-refractivity contribution in [3.05, 3.63) is 47.8 Å². The molecule has 1 aromatic carbocycles. The monoisotopic (exact) mass is 343 g/mol. The summed E-state index contributed by atoms with van der Waals surface area (Å²) in [5.74, 6) is 0.438. The third-order valence-corrected chi connectivity index (χ3v) is 4.55. The van der Waals surface area contributed by atoms with Crippen molar-refractivity contribution >= 4 is 5.97 Å². The number of benzene rings is 1. The largest absolute Gasteiger partial charge is 0.494 e. The van der Waals surface area contributed by atoms with E-state index in [2.05, 4.69) is 16.1 Å². The van der Waals surface area contributed by atoms with Gasteiger partial charge in [-0.3, -0.25) is 14.4 Å². The molecule has 0 amide bonds. The van der Waals surface area contributed by atoms with Crippen LogP contribution in [0.3, 0.4) is 0 Å². The summed E-state index contributed by atoms with van der Waals surface area (Å²) >= 11 is 0. The quantitative estimate of drug-likeness (QED) is 0.837. The summed E-state index contributed by atoms with van der Waals surface area (Å²) in [6, 6.07) is 10.1. The summed E-state index contributed by atoms with van der Waals surface area (Å²) in [4.78, 5) is 13.2. The Balaban J connectivity index is 1.65. The van der Waals surface area contributed by atoms with Gasteiger partial charge in [-0.15, -0.1) is 0 Å². The fourth-order valence-electron chi connectivity index (χ4n) is 3.43. The summed E-state index contributed by atoms with van der Waals surface area (Å²) in [6.07, 6.45) is 3.97. The van der Waals surface area contributed by atoms with Crippen molar-refractivity contribution in [2.45, 2.75) is 38.8 Å². The van der Waals surface area contributed by atoms with Crippen molar-refractivity contribution in [1.29, 1.82) is 0 Å². The first kappa shape index (κ1) is 17.5. The van der Waals surface area contributed by atoms with Crippen LogP contribution in [0.4, 0.5) is 0 Å². The first-order chi connectivity index (χ1) is 12.2. The van der Waals surface area contributed by atoms with Crippen LogP contribution in [0.25, 0.3) is 0 Å². The highest BCUT2D eigenvalue weighted by molar-refractivity contribution is 5.66. The smallest absolute Gasteiger partial charge is 0.325 e. The molecular formula is C19H25N3O3. The van der Waals surface area contributed by atoms with Crippen molar-refractivity contribution in [1.82, 2.24) is 14.7 Å². The number of aliphatic carboxylic acids is 1. The number of para-hydroxylation sites is 1. The number of likely N-dealkylation sites (tertiary alicyclic amines) is 1. The lowest BCUT2D eigenvalue weighted by atomic mass is 9.94. The Morgan fingerprint density at radius 1 is 1.36 bits per heavy atom. The number of carboxylic acids is 1. The van der Waals surface area contributed by atoms with Gasteiger partial charge < -0.3 is 9.84 Å². The van der Waals surface area contributed by atoms with Crippen LogP contribution in [0.2, 0.25) is 0 Å². The second-order valence-electron chi connectivity index (χ2n) is 6.45. The van der Waals surface area contributed by atoms with E-state index in [1.54, 1.807) is 6.20 Å². The second-order valence-corrected chi connectivity index (χ2v) is 6.45. The van der Waals surface area contributed by atoms with E-state index in [4.69, 9.17) is 9.84 Å². The van der Waals surface area contributed by atoms with E-state index in [1.165, 1.54) is 10.2 Å². The summed E-state index contributed by atoms with van der Waals surface area (Å²) in [7, 11) is 0. The lowest BCUT2D eigenvalue weighted by molar-refractivity contribution is -0.137. The van der Waals surface area contributed by atoms with Crippen LogP contribution in [0.15, 0.2) is 36.5 Å². The maximum absolute atomic E-state index is 10.8. The van der Waals surface area contributed by atoms with Crippen molar-refractivity contribution < 1.29 is 14.6 Å². The molecule has 134 valence electrons. The molecule has 2 heterocycles. The third kappa shape index (κ3) is 4.60. The Morgan fingerprint density at radius 3 is 3.00 bits per heavy atom. The molecule has 1 N–H and O–H groups in total. The number of aromatic nitrogens is 2. The molecule has 1 fully saturated rings. The standard InChI is InChI=1S/C19H25N3O3/c1-2-25-18-8-4-3-6-16(18)13-21-10-5-7-15(12-21)17-9-11-22(20-17)14-19(23)24/h3-4,6,8-9,11,15H,2,5,7,10,12-14H2,1H3,(H,23,24)/t15-/m1/s1. The first-order valence-corrected chi connectivity index (χ1v) is 8.84. The molecule has 1 aromatic heterocycles. The average molecular weight is 343 g/mol. The molecule has 0 radical (unpaired) electrons. The van der Waals surface area contributed by atoms with Gasteiger partial charge in [0.25, 0.3) is 0 Å². The van der Waals surface area contributed by atoms with Gasteiger partial charge in [0.15, 0.2) is 0 Å². The van der Waals surface area contributed by atoms with Gasteiger partial charge in [0.05, 0.1) is 12.3 Å². The SMILES string of the molecule is CCOc1ccccc1CN1CCC[C@@H](c2ccn(CC(=O)O)n2)C1. The number of piperidine rings is 1. The topological polar surface area (TPSA) is 67.6 Å². The molecule has 1 aliphatic heterocycles. The zero-order valence-corrected chi connectivity index (χ0v) is 14.6. The van der Waals surface area contributed by atoms with E-state index in [0.717, 1.165) is 43.9 Å². The molecule has 0 saturated carbocycles. The molecule has 0 bridgehead atoms. The van der Waals surface area contributed by atoms with Gasteiger partial charge in [-0.05, 0) is 38.4 Å². The van der Waals surface area contributed by atoms with Crippen LogP contribution >= 0.6 is 0 Å². The van der Waals surface area contributed by atoms with Crippen molar-refractivity contribution in [2.24, 2.45) is 0 Å². The highest BCUT2D eigenvalue weighted by Crippen LogP contribution is 2.28. The summed E-state index contributed by atoms with van der Waals surface area (Å²) in [5.41, 5.74) is 2.20. The number of carbonyl (C=O) groups is 1. The lowest BCUT2D eigenvalue weighted by Gasteiger charge is -2.32. The number of rotatable bonds is 7. The molecule has 6 heteroatoms. The Morgan fingerprint density at radius 2 is 2.20 bits per heavy atom. The molecule has 0 spiro atoms. The van der Waals surface area contributed by atoms with Crippen LogP contribution in [-0.2, 0) is 17.9 Å². The van der Waals surface area contributed by atoms with Crippen LogP contribution in [0, 0.1) is 0 Å². The van der Waals surface area contributed by atoms with Crippen molar-refractivity contribution in [2.75, 3.05) is 19.7 Å². The Labute approximate surface area is 148 Å². The van der Waals surface area contributed by atoms with Gasteiger partial charge in [-0.1, -0.05) is 18.2 Å². The summed E-state index contributed by atoms with van der Waals surface area (Å²) in [5, 5.41) is 13.3. The Kier molecular flexibility index (Phi) is 5.71. The Bertz CT molecular complexity index is 713. The normalized spacial score (nSPS) is 18.2. The van der Waals surface area contributed by atoms with E-state index < -0.39 is 5.97 Å². The maximum atomic E-state index is 10.8. The van der Waals surface area contributed by atoms with Gasteiger partial charge in [0, 0.05) is 30.8 Å². The molecule has 0 unspecified atom stereocenters. The van der Waals surface area contributed by atoms with Crippen LogP contribution in [0.1, 0.15) is 36.9 Å². The minimum atomic E-state index is -0.868. The molecule has 3 rings (SSSR count). The van der Waals surface area contributed by atoms with Crippen LogP contribution in [-0.4, -0.2) is 45.5 Å². The number of ether oxygens (including phenoxy) is 1. The number of carboxylic acid groups (broad SMARTS) is 1. The number of hydrogen-bond acceptors (Lipinski definition) is 4. The first-order valence-electron chi connectivity index (χ1n) is 8.84. The molecule has 1 atom stereocenters. The molecule has 1 saturated heterocycles. The van der Waals surface area contributed by atoms with Gasteiger partial charge in [0.2, 0.25) is 0 Å². The van der Waals surface area contributed by atoms with Crippen molar-refractivity contribution in [3.8, 4) is 5.75 Å². The zero-order valence-electron chi connectivity index (χ0n) is 14.6. The van der Waals surface area contributed by atoms with E-state index >= 15 is 0 Å². The molecular weight excluding hydrogens is 318 g/mol. The van der Waals surface area contributed by atoms with Crippen LogP contribution < -0.4 is 4.74 Å². The third-order valence-electron chi connectivity index (χ3n) is 4.55. The van der Waals surface area contributed by atoms with E-state index in [1.807, 2.05) is 31.2 Å². The Hall–Kier alpha value is -2.34. The zero-order chi connectivity index (χ0) is 17.6. The lowest BCUT2D eigenvalue weighted by Crippen LogP contribution is -2.34. The van der Waals surface area contributed by atoms with E-state index in [0.29, 0.717) is 12.5 Å². The minimum absolute atomic E-state index is 0.0852. The molecule has 25 heavy (non-hydrogen) atoms. The molecule has 6 nitrogen and oxygen atoms in total. The highest BCUT2D eigenvalue weighted by atomic mass is 16.5. The molecule has 0 aliphatic carbocycles. The predicted octanol–water partition coefficient (Wildman–Crippen LogP) is 2.75. The average Bonchev–Trinajstić information content (AvgIpc) is 3.05.